The molecule has 3 heterocycles. The molecule has 0 radical (unpaired) electrons. The summed E-state index contributed by atoms with van der Waals surface area (Å²) in [7, 11) is -4.09. The van der Waals surface area contributed by atoms with Gasteiger partial charge in [-0.2, -0.15) is 0 Å². The fourth-order valence-electron chi connectivity index (χ4n) is 4.73. The number of H-pyrrole nitrogens is 1. The zero-order chi connectivity index (χ0) is 28.3. The molecule has 0 unspecified atom stereocenters. The molecule has 0 atom stereocenters. The number of fused-ring (bicyclic) bond motifs is 1. The van der Waals surface area contributed by atoms with Gasteiger partial charge in [0.15, 0.2) is 0 Å². The molecule has 2 aromatic carbocycles. The van der Waals surface area contributed by atoms with Crippen molar-refractivity contribution >= 4 is 67.5 Å². The Bertz CT molecular complexity index is 1570. The Labute approximate surface area is 243 Å². The van der Waals surface area contributed by atoms with Gasteiger partial charge >= 0.3 is 6.03 Å². The number of aromatic nitrogens is 2. The minimum Gasteiger partial charge on any atom is -0.368 e. The molecule has 2 amide bonds. The van der Waals surface area contributed by atoms with Crippen molar-refractivity contribution in [2.75, 3.05) is 47.8 Å². The molecular formula is C28H30Cl2N6O3S. The number of piperazine rings is 1. The molecule has 1 fully saturated rings. The van der Waals surface area contributed by atoms with Crippen LogP contribution in [0.2, 0.25) is 10.0 Å². The van der Waals surface area contributed by atoms with Crippen molar-refractivity contribution < 1.29 is 13.2 Å². The second kappa shape index (κ2) is 12.0. The number of halogens is 2. The van der Waals surface area contributed by atoms with Gasteiger partial charge in [0, 0.05) is 50.0 Å². The van der Waals surface area contributed by atoms with Crippen LogP contribution in [0.4, 0.5) is 22.0 Å². The van der Waals surface area contributed by atoms with E-state index < -0.39 is 16.1 Å². The van der Waals surface area contributed by atoms with Crippen molar-refractivity contribution in [2.45, 2.75) is 24.7 Å². The van der Waals surface area contributed by atoms with Crippen molar-refractivity contribution in [2.24, 2.45) is 0 Å². The van der Waals surface area contributed by atoms with E-state index in [9.17, 15) is 13.2 Å². The summed E-state index contributed by atoms with van der Waals surface area (Å²) in [5.41, 5.74) is 2.42. The quantitative estimate of drug-likeness (QED) is 0.249. The van der Waals surface area contributed by atoms with Crippen molar-refractivity contribution in [1.29, 1.82) is 0 Å². The van der Waals surface area contributed by atoms with Gasteiger partial charge in [-0.05, 0) is 61.0 Å². The topological polar surface area (TPSA) is 102 Å². The van der Waals surface area contributed by atoms with Crippen molar-refractivity contribution in [1.82, 2.24) is 14.3 Å². The summed E-state index contributed by atoms with van der Waals surface area (Å²) in [4.78, 5) is 24.9. The Morgan fingerprint density at radius 1 is 1.02 bits per heavy atom. The first kappa shape index (κ1) is 28.1. The van der Waals surface area contributed by atoms with Gasteiger partial charge in [0.2, 0.25) is 0 Å². The average molecular weight is 602 g/mol. The number of unbranched alkanes of at least 4 members (excludes halogenated alkanes) is 1. The number of carbonyl (C=O) groups excluding carboxylic acids is 1. The lowest BCUT2D eigenvalue weighted by Crippen LogP contribution is -2.46. The van der Waals surface area contributed by atoms with Crippen LogP contribution in [-0.2, 0) is 10.0 Å². The van der Waals surface area contributed by atoms with Gasteiger partial charge in [-0.15, -0.1) is 0 Å². The lowest BCUT2D eigenvalue weighted by Gasteiger charge is -2.37. The van der Waals surface area contributed by atoms with Gasteiger partial charge < -0.3 is 14.8 Å². The van der Waals surface area contributed by atoms with E-state index >= 15 is 0 Å². The van der Waals surface area contributed by atoms with Gasteiger partial charge in [0.1, 0.15) is 11.5 Å². The van der Waals surface area contributed by atoms with Gasteiger partial charge in [0.05, 0.1) is 20.6 Å². The van der Waals surface area contributed by atoms with Crippen LogP contribution in [0.15, 0.2) is 71.8 Å². The monoisotopic (exact) mass is 600 g/mol. The van der Waals surface area contributed by atoms with Crippen LogP contribution in [0.3, 0.4) is 0 Å². The minimum atomic E-state index is -4.09. The number of pyridine rings is 1. The lowest BCUT2D eigenvalue weighted by atomic mass is 10.2. The molecule has 0 spiro atoms. The molecular weight excluding hydrogens is 571 g/mol. The molecule has 0 bridgehead atoms. The molecule has 2 N–H and O–H groups in total. The number of rotatable bonds is 8. The van der Waals surface area contributed by atoms with E-state index in [0.29, 0.717) is 27.9 Å². The number of aromatic amines is 1. The maximum Gasteiger partial charge on any atom is 0.336 e. The van der Waals surface area contributed by atoms with E-state index in [4.69, 9.17) is 23.2 Å². The van der Waals surface area contributed by atoms with Crippen LogP contribution in [0, 0.1) is 0 Å². The number of benzene rings is 2. The highest BCUT2D eigenvalue weighted by Gasteiger charge is 2.30. The van der Waals surface area contributed by atoms with Crippen LogP contribution < -0.4 is 15.1 Å². The van der Waals surface area contributed by atoms with Crippen LogP contribution in [0.25, 0.3) is 11.0 Å². The zero-order valence-corrected chi connectivity index (χ0v) is 24.3. The summed E-state index contributed by atoms with van der Waals surface area (Å²) in [5, 5.41) is 4.57. The van der Waals surface area contributed by atoms with Gasteiger partial charge in [-0.3, -0.25) is 5.32 Å². The number of carbonyl (C=O) groups is 1. The van der Waals surface area contributed by atoms with E-state index in [-0.39, 0.29) is 11.4 Å². The normalized spacial score (nSPS) is 14.0. The summed E-state index contributed by atoms with van der Waals surface area (Å²) >= 11 is 12.6. The lowest BCUT2D eigenvalue weighted by molar-refractivity contribution is 0.235. The number of nitrogens with zero attached hydrogens (tertiary/aromatic N) is 4. The molecule has 1 aliphatic heterocycles. The Balaban J connectivity index is 1.28. The summed E-state index contributed by atoms with van der Waals surface area (Å²) < 4.78 is 28.1. The standard InChI is InChI=1S/C28H30Cl2N6O3S/c1-2-3-14-36(28(37)33-25-19-20-6-5-13-31-27(20)32-25)40(38,39)22-11-9-21(10-12-22)34-15-17-35(18-16-34)24-8-4-7-23(29)26(24)30/h4-13,19H,2-3,14-18H2,1H3,(H,31,32)(H,33,37). The molecule has 0 saturated carbocycles. The average Bonchev–Trinajstić information content (AvgIpc) is 3.37. The van der Waals surface area contributed by atoms with Gasteiger partial charge in [-0.1, -0.05) is 42.6 Å². The minimum absolute atomic E-state index is 0.0603. The second-order valence-corrected chi connectivity index (χ2v) is 12.2. The van der Waals surface area contributed by atoms with Gasteiger partial charge in [0.25, 0.3) is 10.0 Å². The molecule has 0 aliphatic carbocycles. The fourth-order valence-corrected chi connectivity index (χ4v) is 6.52. The molecule has 5 rings (SSSR count). The number of anilines is 3. The van der Waals surface area contributed by atoms with E-state index in [1.54, 1.807) is 48.7 Å². The maximum atomic E-state index is 13.6. The molecule has 1 saturated heterocycles. The molecule has 1 aliphatic rings. The third-order valence-electron chi connectivity index (χ3n) is 6.92. The molecule has 2 aromatic heterocycles. The first-order valence-corrected chi connectivity index (χ1v) is 15.3. The molecule has 12 heteroatoms. The SMILES string of the molecule is CCCCN(C(=O)Nc1cc2cccnc2[nH]1)S(=O)(=O)c1ccc(N2CCN(c3cccc(Cl)c3Cl)CC2)cc1. The predicted octanol–water partition coefficient (Wildman–Crippen LogP) is 6.22. The Kier molecular flexibility index (Phi) is 8.39. The largest absolute Gasteiger partial charge is 0.368 e. The van der Waals surface area contributed by atoms with E-state index in [2.05, 4.69) is 25.1 Å². The highest BCUT2D eigenvalue weighted by molar-refractivity contribution is 7.89. The van der Waals surface area contributed by atoms with Crippen LogP contribution >= 0.6 is 23.2 Å². The van der Waals surface area contributed by atoms with E-state index in [0.717, 1.165) is 53.7 Å². The highest BCUT2D eigenvalue weighted by atomic mass is 35.5. The van der Waals surface area contributed by atoms with Crippen LogP contribution in [0.5, 0.6) is 0 Å². The molecule has 9 nitrogen and oxygen atoms in total. The van der Waals surface area contributed by atoms with E-state index in [1.807, 2.05) is 25.1 Å². The van der Waals surface area contributed by atoms with Crippen molar-refractivity contribution in [3.05, 3.63) is 76.9 Å². The first-order chi connectivity index (χ1) is 19.3. The zero-order valence-electron chi connectivity index (χ0n) is 22.0. The summed E-state index contributed by atoms with van der Waals surface area (Å²) in [6.45, 7) is 4.97. The number of amides is 2. The number of urea groups is 1. The summed E-state index contributed by atoms with van der Waals surface area (Å²) in [6.07, 6.45) is 2.92. The third kappa shape index (κ3) is 5.84. The van der Waals surface area contributed by atoms with E-state index in [1.165, 1.54) is 0 Å². The first-order valence-electron chi connectivity index (χ1n) is 13.1. The number of nitrogens with one attached hydrogen (secondary N) is 2. The van der Waals surface area contributed by atoms with Gasteiger partial charge in [-0.25, -0.2) is 22.5 Å². The second-order valence-electron chi connectivity index (χ2n) is 9.53. The summed E-state index contributed by atoms with van der Waals surface area (Å²) in [6, 6.07) is 16.9. The highest BCUT2D eigenvalue weighted by Crippen LogP contribution is 2.33. The van der Waals surface area contributed by atoms with Crippen molar-refractivity contribution in [3.8, 4) is 0 Å². The Morgan fingerprint density at radius 3 is 2.45 bits per heavy atom. The Hall–Kier alpha value is -3.47. The third-order valence-corrected chi connectivity index (χ3v) is 9.52. The number of hydrogen-bond acceptors (Lipinski definition) is 6. The Morgan fingerprint density at radius 2 is 1.75 bits per heavy atom. The molecule has 4 aromatic rings. The molecule has 210 valence electrons. The fraction of sp³-hybridized carbons (Fsp3) is 0.286. The van der Waals surface area contributed by atoms with Crippen LogP contribution in [0.1, 0.15) is 19.8 Å². The molecule has 40 heavy (non-hydrogen) atoms. The number of hydrogen-bond donors (Lipinski definition) is 2. The maximum absolute atomic E-state index is 13.6. The van der Waals surface area contributed by atoms with Crippen molar-refractivity contribution in [3.63, 3.8) is 0 Å². The predicted molar refractivity (Wildman–Crippen MR) is 161 cm³/mol. The summed E-state index contributed by atoms with van der Waals surface area (Å²) in [5.74, 6) is 0.379. The number of sulfonamides is 1. The smallest absolute Gasteiger partial charge is 0.336 e. The van der Waals surface area contributed by atoms with Crippen LogP contribution in [-0.4, -0.2) is 61.4 Å².